The molecule has 4 aromatic rings. The molecule has 0 N–H and O–H groups in total. The Balaban J connectivity index is 1.41. The van der Waals surface area contributed by atoms with Crippen molar-refractivity contribution in [1.82, 2.24) is 24.8 Å². The number of aryl methyl sites for hydroxylation is 1. The molecule has 3 heterocycles. The molecular weight excluding hydrogens is 416 g/mol. The predicted octanol–water partition coefficient (Wildman–Crippen LogP) is 3.54. The maximum Gasteiger partial charge on any atom is 0.279 e. The van der Waals surface area contributed by atoms with Gasteiger partial charge in [0.2, 0.25) is 11.7 Å². The first kappa shape index (κ1) is 20.0. The minimum Gasteiger partial charge on any atom is -0.338 e. The zero-order valence-corrected chi connectivity index (χ0v) is 17.3. The SMILES string of the molecule is Cn1nc(-c2nc(-c3ccccc3F)no2)c2c1CCN(C(=O)Cc1ccc(F)cc1)C2. The van der Waals surface area contributed by atoms with Crippen LogP contribution in [0.3, 0.4) is 0 Å². The summed E-state index contributed by atoms with van der Waals surface area (Å²) in [6, 6.07) is 12.1. The normalized spacial score (nSPS) is 13.3. The van der Waals surface area contributed by atoms with Crippen molar-refractivity contribution in [3.8, 4) is 23.0 Å². The Morgan fingerprint density at radius 2 is 1.91 bits per heavy atom. The van der Waals surface area contributed by atoms with E-state index >= 15 is 0 Å². The molecule has 0 aliphatic carbocycles. The molecule has 2 aromatic heterocycles. The summed E-state index contributed by atoms with van der Waals surface area (Å²) in [7, 11) is 1.83. The van der Waals surface area contributed by atoms with E-state index in [1.807, 2.05) is 7.05 Å². The topological polar surface area (TPSA) is 77.1 Å². The lowest BCUT2D eigenvalue weighted by Crippen LogP contribution is -2.37. The number of amides is 1. The molecule has 2 aromatic carbocycles. The average Bonchev–Trinajstić information content (AvgIpc) is 3.40. The van der Waals surface area contributed by atoms with Gasteiger partial charge >= 0.3 is 0 Å². The van der Waals surface area contributed by atoms with Crippen molar-refractivity contribution in [1.29, 1.82) is 0 Å². The Hall–Kier alpha value is -3.88. The lowest BCUT2D eigenvalue weighted by molar-refractivity contribution is -0.131. The number of hydrogen-bond acceptors (Lipinski definition) is 5. The van der Waals surface area contributed by atoms with Crippen LogP contribution in [0.4, 0.5) is 8.78 Å². The van der Waals surface area contributed by atoms with Gasteiger partial charge in [-0.1, -0.05) is 29.4 Å². The first-order valence-corrected chi connectivity index (χ1v) is 10.2. The van der Waals surface area contributed by atoms with Crippen LogP contribution in [-0.2, 0) is 31.2 Å². The van der Waals surface area contributed by atoms with Crippen LogP contribution in [0.1, 0.15) is 16.8 Å². The van der Waals surface area contributed by atoms with Gasteiger partial charge in [0.15, 0.2) is 5.69 Å². The van der Waals surface area contributed by atoms with Crippen molar-refractivity contribution in [3.63, 3.8) is 0 Å². The Morgan fingerprint density at radius 3 is 2.69 bits per heavy atom. The van der Waals surface area contributed by atoms with E-state index in [0.29, 0.717) is 25.2 Å². The maximum absolute atomic E-state index is 14.1. The zero-order chi connectivity index (χ0) is 22.2. The maximum atomic E-state index is 14.1. The summed E-state index contributed by atoms with van der Waals surface area (Å²) in [5.41, 5.74) is 3.28. The van der Waals surface area contributed by atoms with Crippen LogP contribution in [0.2, 0.25) is 0 Å². The van der Waals surface area contributed by atoms with E-state index in [4.69, 9.17) is 4.52 Å². The molecule has 1 amide bonds. The fourth-order valence-corrected chi connectivity index (χ4v) is 3.94. The highest BCUT2D eigenvalue weighted by molar-refractivity contribution is 5.79. The van der Waals surface area contributed by atoms with E-state index < -0.39 is 5.82 Å². The van der Waals surface area contributed by atoms with Crippen LogP contribution in [0.25, 0.3) is 23.0 Å². The molecule has 0 spiro atoms. The Labute approximate surface area is 182 Å². The number of nitrogens with zero attached hydrogens (tertiary/aromatic N) is 5. The molecule has 32 heavy (non-hydrogen) atoms. The zero-order valence-electron chi connectivity index (χ0n) is 17.3. The van der Waals surface area contributed by atoms with Crippen molar-refractivity contribution in [2.45, 2.75) is 19.4 Å². The molecule has 0 bridgehead atoms. The summed E-state index contributed by atoms with van der Waals surface area (Å²) in [5.74, 6) is -0.529. The molecule has 162 valence electrons. The molecule has 7 nitrogen and oxygen atoms in total. The second-order valence-electron chi connectivity index (χ2n) is 7.67. The van der Waals surface area contributed by atoms with Crippen molar-refractivity contribution in [3.05, 3.63) is 77.0 Å². The monoisotopic (exact) mass is 435 g/mol. The highest BCUT2D eigenvalue weighted by Crippen LogP contribution is 2.30. The van der Waals surface area contributed by atoms with Crippen LogP contribution < -0.4 is 0 Å². The van der Waals surface area contributed by atoms with Gasteiger partial charge in [-0.25, -0.2) is 8.78 Å². The second-order valence-corrected chi connectivity index (χ2v) is 7.67. The molecule has 1 aliphatic rings. The Kier molecular flexibility index (Phi) is 5.01. The molecule has 0 saturated heterocycles. The fourth-order valence-electron chi connectivity index (χ4n) is 3.94. The molecule has 0 unspecified atom stereocenters. The lowest BCUT2D eigenvalue weighted by Gasteiger charge is -2.27. The molecule has 0 saturated carbocycles. The van der Waals surface area contributed by atoms with Crippen molar-refractivity contribution in [2.75, 3.05) is 6.54 Å². The number of rotatable bonds is 4. The van der Waals surface area contributed by atoms with Gasteiger partial charge < -0.3 is 9.42 Å². The third-order valence-electron chi connectivity index (χ3n) is 5.61. The Morgan fingerprint density at radius 1 is 1.12 bits per heavy atom. The number of benzene rings is 2. The van der Waals surface area contributed by atoms with Crippen LogP contribution in [0.15, 0.2) is 53.1 Å². The average molecular weight is 435 g/mol. The Bertz CT molecular complexity index is 1300. The van der Waals surface area contributed by atoms with E-state index in [-0.39, 0.29) is 35.4 Å². The standard InChI is InChI=1S/C23H19F2N5O2/c1-29-19-10-11-30(20(31)12-14-6-8-15(24)9-7-14)13-17(19)21(27-29)23-26-22(28-32-23)16-4-2-3-5-18(16)25/h2-9H,10-13H2,1H3. The van der Waals surface area contributed by atoms with Crippen LogP contribution in [0, 0.1) is 11.6 Å². The molecule has 0 fully saturated rings. The second kappa shape index (κ2) is 7.99. The number of carbonyl (C=O) groups is 1. The molecular formula is C23H19F2N5O2. The largest absolute Gasteiger partial charge is 0.338 e. The van der Waals surface area contributed by atoms with Gasteiger partial charge in [0, 0.05) is 37.8 Å². The van der Waals surface area contributed by atoms with Crippen LogP contribution in [-0.4, -0.2) is 37.3 Å². The number of carbonyl (C=O) groups excluding carboxylic acids is 1. The molecule has 1 aliphatic heterocycles. The van der Waals surface area contributed by atoms with Crippen molar-refractivity contribution < 1.29 is 18.1 Å². The van der Waals surface area contributed by atoms with E-state index in [9.17, 15) is 13.6 Å². The molecule has 0 atom stereocenters. The fraction of sp³-hybridized carbons (Fsp3) is 0.217. The van der Waals surface area contributed by atoms with E-state index in [2.05, 4.69) is 15.2 Å². The summed E-state index contributed by atoms with van der Waals surface area (Å²) in [5, 5.41) is 8.44. The molecule has 0 radical (unpaired) electrons. The van der Waals surface area contributed by atoms with Gasteiger partial charge in [0.05, 0.1) is 12.0 Å². The minimum absolute atomic E-state index is 0.0605. The van der Waals surface area contributed by atoms with Crippen LogP contribution in [0.5, 0.6) is 0 Å². The summed E-state index contributed by atoms with van der Waals surface area (Å²) < 4.78 is 34.4. The first-order chi connectivity index (χ1) is 15.5. The number of aromatic nitrogens is 4. The highest BCUT2D eigenvalue weighted by Gasteiger charge is 2.29. The van der Waals surface area contributed by atoms with Gasteiger partial charge in [0.25, 0.3) is 5.89 Å². The van der Waals surface area contributed by atoms with Gasteiger partial charge in [-0.15, -0.1) is 0 Å². The first-order valence-electron chi connectivity index (χ1n) is 10.2. The van der Waals surface area contributed by atoms with Crippen LogP contribution >= 0.6 is 0 Å². The van der Waals surface area contributed by atoms with E-state index in [1.165, 1.54) is 18.2 Å². The van der Waals surface area contributed by atoms with E-state index in [1.54, 1.807) is 39.9 Å². The quantitative estimate of drug-likeness (QED) is 0.490. The molecule has 9 heteroatoms. The molecule has 5 rings (SSSR count). The summed E-state index contributed by atoms with van der Waals surface area (Å²) in [6.07, 6.45) is 0.811. The summed E-state index contributed by atoms with van der Waals surface area (Å²) in [4.78, 5) is 18.9. The number of halogens is 2. The minimum atomic E-state index is -0.444. The third-order valence-corrected chi connectivity index (χ3v) is 5.61. The lowest BCUT2D eigenvalue weighted by atomic mass is 10.0. The van der Waals surface area contributed by atoms with Gasteiger partial charge in [-0.3, -0.25) is 9.48 Å². The van der Waals surface area contributed by atoms with Crippen molar-refractivity contribution in [2.24, 2.45) is 7.05 Å². The van der Waals surface area contributed by atoms with Gasteiger partial charge in [-0.05, 0) is 29.8 Å². The smallest absolute Gasteiger partial charge is 0.279 e. The summed E-state index contributed by atoms with van der Waals surface area (Å²) >= 11 is 0. The number of hydrogen-bond donors (Lipinski definition) is 0. The summed E-state index contributed by atoms with van der Waals surface area (Å²) in [6.45, 7) is 0.895. The van der Waals surface area contributed by atoms with E-state index in [0.717, 1.165) is 16.8 Å². The van der Waals surface area contributed by atoms with Gasteiger partial charge in [-0.2, -0.15) is 10.1 Å². The van der Waals surface area contributed by atoms with Crippen molar-refractivity contribution >= 4 is 5.91 Å². The highest BCUT2D eigenvalue weighted by atomic mass is 19.1. The van der Waals surface area contributed by atoms with Gasteiger partial charge in [0.1, 0.15) is 11.6 Å². The third kappa shape index (κ3) is 3.66. The number of fused-ring (bicyclic) bond motifs is 1. The predicted molar refractivity (Wildman–Crippen MR) is 111 cm³/mol.